The first-order chi connectivity index (χ1) is 8.89. The molecule has 0 aromatic carbocycles. The molecule has 0 radical (unpaired) electrons. The molecule has 0 spiro atoms. The number of furan rings is 1. The summed E-state index contributed by atoms with van der Waals surface area (Å²) in [5.74, 6) is -1.12. The van der Waals surface area contributed by atoms with E-state index in [1.54, 1.807) is 0 Å². The zero-order chi connectivity index (χ0) is 14.0. The van der Waals surface area contributed by atoms with Gasteiger partial charge in [0.15, 0.2) is 6.04 Å². The minimum absolute atomic E-state index is 0.207. The first-order valence-electron chi connectivity index (χ1n) is 5.65. The zero-order valence-corrected chi connectivity index (χ0v) is 9.81. The van der Waals surface area contributed by atoms with Crippen LogP contribution in [-0.2, 0) is 0 Å². The van der Waals surface area contributed by atoms with Gasteiger partial charge in [0.25, 0.3) is 0 Å². The third-order valence-electron chi connectivity index (χ3n) is 2.89. The fourth-order valence-electron chi connectivity index (χ4n) is 2.08. The van der Waals surface area contributed by atoms with Crippen molar-refractivity contribution < 1.29 is 22.5 Å². The number of nitro groups is 1. The number of halogens is 3. The van der Waals surface area contributed by atoms with Gasteiger partial charge in [0, 0.05) is 26.2 Å². The summed E-state index contributed by atoms with van der Waals surface area (Å²) in [7, 11) is 0. The lowest BCUT2D eigenvalue weighted by molar-refractivity contribution is -0.402. The van der Waals surface area contributed by atoms with Gasteiger partial charge in [0.1, 0.15) is 10.7 Å². The topological polar surface area (TPSA) is 71.6 Å². The van der Waals surface area contributed by atoms with E-state index in [2.05, 4.69) is 5.32 Å². The average Bonchev–Trinajstić information content (AvgIpc) is 2.78. The number of piperazine rings is 1. The molecule has 106 valence electrons. The van der Waals surface area contributed by atoms with Gasteiger partial charge in [-0.15, -0.1) is 0 Å². The summed E-state index contributed by atoms with van der Waals surface area (Å²) < 4.78 is 44.0. The molecule has 1 aliphatic rings. The van der Waals surface area contributed by atoms with Gasteiger partial charge in [-0.1, -0.05) is 0 Å². The van der Waals surface area contributed by atoms with E-state index >= 15 is 0 Å². The van der Waals surface area contributed by atoms with Crippen LogP contribution in [0.5, 0.6) is 0 Å². The Labute approximate surface area is 106 Å². The third-order valence-corrected chi connectivity index (χ3v) is 2.89. The standard InChI is InChI=1S/C10H12F3N3O3/c11-10(12,13)9(15-5-3-14-4-6-15)7-1-2-8(19-7)16(17)18/h1-2,9,14H,3-6H2/t9-/m0/s1. The van der Waals surface area contributed by atoms with Crippen LogP contribution in [0.3, 0.4) is 0 Å². The van der Waals surface area contributed by atoms with E-state index in [-0.39, 0.29) is 13.1 Å². The van der Waals surface area contributed by atoms with Gasteiger partial charge in [0.2, 0.25) is 0 Å². The lowest BCUT2D eigenvalue weighted by Crippen LogP contribution is -2.48. The maximum absolute atomic E-state index is 13.1. The van der Waals surface area contributed by atoms with E-state index in [1.807, 2.05) is 0 Å². The largest absolute Gasteiger partial charge is 0.433 e. The molecule has 6 nitrogen and oxygen atoms in total. The number of hydrogen-bond donors (Lipinski definition) is 1. The van der Waals surface area contributed by atoms with E-state index in [9.17, 15) is 23.3 Å². The molecule has 0 aliphatic carbocycles. The van der Waals surface area contributed by atoms with Gasteiger partial charge in [-0.3, -0.25) is 15.0 Å². The minimum atomic E-state index is -4.54. The molecule has 1 saturated heterocycles. The fourth-order valence-corrected chi connectivity index (χ4v) is 2.08. The van der Waals surface area contributed by atoms with Crippen LogP contribution in [0.4, 0.5) is 19.1 Å². The molecule has 0 unspecified atom stereocenters. The van der Waals surface area contributed by atoms with Crippen LogP contribution in [0.1, 0.15) is 11.8 Å². The Morgan fingerprint density at radius 2 is 2.00 bits per heavy atom. The number of nitrogens with zero attached hydrogens (tertiary/aromatic N) is 2. The van der Waals surface area contributed by atoms with Crippen molar-refractivity contribution in [3.8, 4) is 0 Å². The van der Waals surface area contributed by atoms with Crippen molar-refractivity contribution in [2.24, 2.45) is 0 Å². The quantitative estimate of drug-likeness (QED) is 0.673. The van der Waals surface area contributed by atoms with Crippen molar-refractivity contribution in [3.63, 3.8) is 0 Å². The lowest BCUT2D eigenvalue weighted by atomic mass is 10.1. The van der Waals surface area contributed by atoms with Crippen LogP contribution in [-0.4, -0.2) is 42.2 Å². The highest BCUT2D eigenvalue weighted by atomic mass is 19.4. The first kappa shape index (κ1) is 13.8. The molecule has 1 N–H and O–H groups in total. The van der Waals surface area contributed by atoms with Gasteiger partial charge in [-0.25, -0.2) is 0 Å². The molecule has 1 atom stereocenters. The summed E-state index contributed by atoms with van der Waals surface area (Å²) in [6, 6.07) is 0.0116. The van der Waals surface area contributed by atoms with Gasteiger partial charge < -0.3 is 9.73 Å². The van der Waals surface area contributed by atoms with Crippen LogP contribution in [0, 0.1) is 10.1 Å². The molecule has 19 heavy (non-hydrogen) atoms. The molecular weight excluding hydrogens is 267 g/mol. The third kappa shape index (κ3) is 3.04. The number of nitrogens with one attached hydrogen (secondary N) is 1. The Hall–Kier alpha value is -1.61. The van der Waals surface area contributed by atoms with Crippen LogP contribution < -0.4 is 5.32 Å². The number of rotatable bonds is 3. The van der Waals surface area contributed by atoms with E-state index in [4.69, 9.17) is 4.42 Å². The summed E-state index contributed by atoms with van der Waals surface area (Å²) in [5, 5.41) is 13.4. The molecule has 0 amide bonds. The highest BCUT2D eigenvalue weighted by molar-refractivity contribution is 5.21. The molecule has 0 saturated carbocycles. The molecule has 1 aliphatic heterocycles. The molecule has 2 rings (SSSR count). The van der Waals surface area contributed by atoms with Crippen molar-refractivity contribution in [1.82, 2.24) is 10.2 Å². The SMILES string of the molecule is O=[N+]([O-])c1ccc([C@H](N2CCNCC2)C(F)(F)F)o1. The van der Waals surface area contributed by atoms with E-state index in [0.29, 0.717) is 13.1 Å². The summed E-state index contributed by atoms with van der Waals surface area (Å²) in [4.78, 5) is 10.8. The normalized spacial score (nSPS) is 19.3. The van der Waals surface area contributed by atoms with E-state index in [0.717, 1.165) is 12.1 Å². The van der Waals surface area contributed by atoms with Crippen LogP contribution in [0.25, 0.3) is 0 Å². The Balaban J connectivity index is 2.28. The maximum atomic E-state index is 13.1. The fraction of sp³-hybridized carbons (Fsp3) is 0.600. The smallest absolute Gasteiger partial charge is 0.404 e. The number of alkyl halides is 3. The lowest BCUT2D eigenvalue weighted by Gasteiger charge is -2.34. The van der Waals surface area contributed by atoms with Crippen molar-refractivity contribution in [2.75, 3.05) is 26.2 Å². The molecule has 2 heterocycles. The minimum Gasteiger partial charge on any atom is -0.404 e. The van der Waals surface area contributed by atoms with Crippen molar-refractivity contribution >= 4 is 5.88 Å². The second kappa shape index (κ2) is 5.17. The van der Waals surface area contributed by atoms with Gasteiger partial charge in [-0.05, 0) is 6.07 Å². The molecule has 1 fully saturated rings. The highest BCUT2D eigenvalue weighted by Gasteiger charge is 2.47. The van der Waals surface area contributed by atoms with E-state index in [1.165, 1.54) is 4.90 Å². The van der Waals surface area contributed by atoms with Crippen molar-refractivity contribution in [3.05, 3.63) is 28.0 Å². The summed E-state index contributed by atoms with van der Waals surface area (Å²) in [6.45, 7) is 1.29. The van der Waals surface area contributed by atoms with Gasteiger partial charge >= 0.3 is 12.1 Å². The average molecular weight is 279 g/mol. The Morgan fingerprint density at radius 1 is 1.37 bits per heavy atom. The van der Waals surface area contributed by atoms with Gasteiger partial charge in [-0.2, -0.15) is 13.2 Å². The highest BCUT2D eigenvalue weighted by Crippen LogP contribution is 2.39. The Morgan fingerprint density at radius 3 is 2.47 bits per heavy atom. The summed E-state index contributed by atoms with van der Waals surface area (Å²) in [6.07, 6.45) is -4.54. The second-order valence-corrected chi connectivity index (χ2v) is 4.16. The Bertz CT molecular complexity index is 454. The molecule has 9 heteroatoms. The van der Waals surface area contributed by atoms with E-state index < -0.39 is 28.8 Å². The van der Waals surface area contributed by atoms with Crippen molar-refractivity contribution in [1.29, 1.82) is 0 Å². The zero-order valence-electron chi connectivity index (χ0n) is 9.81. The van der Waals surface area contributed by atoms with Crippen LogP contribution >= 0.6 is 0 Å². The van der Waals surface area contributed by atoms with Crippen molar-refractivity contribution in [2.45, 2.75) is 12.2 Å². The summed E-state index contributed by atoms with van der Waals surface area (Å²) >= 11 is 0. The van der Waals surface area contributed by atoms with Crippen LogP contribution in [0.2, 0.25) is 0 Å². The molecule has 1 aromatic heterocycles. The molecule has 1 aromatic rings. The maximum Gasteiger partial charge on any atom is 0.433 e. The monoisotopic (exact) mass is 279 g/mol. The van der Waals surface area contributed by atoms with Crippen LogP contribution in [0.15, 0.2) is 16.5 Å². The first-order valence-corrected chi connectivity index (χ1v) is 5.65. The number of hydrogen-bond acceptors (Lipinski definition) is 5. The Kier molecular flexibility index (Phi) is 3.76. The predicted octanol–water partition coefficient (Wildman–Crippen LogP) is 1.70. The second-order valence-electron chi connectivity index (χ2n) is 4.16. The molecular formula is C10H12F3N3O3. The predicted molar refractivity (Wildman–Crippen MR) is 58.6 cm³/mol. The molecule has 0 bridgehead atoms. The van der Waals surface area contributed by atoms with Gasteiger partial charge in [0.05, 0.1) is 6.07 Å². The summed E-state index contributed by atoms with van der Waals surface area (Å²) in [5.41, 5.74) is 0.